The lowest BCUT2D eigenvalue weighted by atomic mass is 9.93. The highest BCUT2D eigenvalue weighted by Crippen LogP contribution is 2.32. The van der Waals surface area contributed by atoms with Crippen molar-refractivity contribution in [1.29, 1.82) is 0 Å². The number of hydrogen-bond donors (Lipinski definition) is 3. The molecule has 10 heteroatoms. The average Bonchev–Trinajstić information content (AvgIpc) is 2.68. The van der Waals surface area contributed by atoms with Gasteiger partial charge in [-0.05, 0) is 30.0 Å². The van der Waals surface area contributed by atoms with E-state index in [9.17, 15) is 13.2 Å². The highest BCUT2D eigenvalue weighted by molar-refractivity contribution is 7.90. The minimum absolute atomic E-state index is 0.0566. The molecule has 2 amide bonds. The van der Waals surface area contributed by atoms with Crippen LogP contribution in [0, 0.1) is 0 Å². The molecule has 0 saturated carbocycles. The number of benzene rings is 1. The third kappa shape index (κ3) is 6.14. The van der Waals surface area contributed by atoms with Gasteiger partial charge >= 0.3 is 12.0 Å². The van der Waals surface area contributed by atoms with Crippen LogP contribution in [-0.4, -0.2) is 44.6 Å². The van der Waals surface area contributed by atoms with Crippen LogP contribution in [0.5, 0.6) is 6.01 Å². The Balaban J connectivity index is 2.16. The van der Waals surface area contributed by atoms with Crippen molar-refractivity contribution >= 4 is 21.7 Å². The molecule has 1 aromatic carbocycles. The first-order valence-electron chi connectivity index (χ1n) is 9.71. The number of aromatic nitrogens is 2. The number of sulfonamides is 1. The Morgan fingerprint density at radius 3 is 2.13 bits per heavy atom. The molecule has 0 bridgehead atoms. The van der Waals surface area contributed by atoms with Crippen LogP contribution in [0.2, 0.25) is 0 Å². The molecule has 1 aromatic heterocycles. The number of ether oxygens (including phenoxy) is 1. The van der Waals surface area contributed by atoms with Crippen LogP contribution in [0.3, 0.4) is 0 Å². The number of likely N-dealkylation sites (N-methyl/N-ethyl adjacent to an activating group) is 1. The van der Waals surface area contributed by atoms with Crippen molar-refractivity contribution < 1.29 is 17.9 Å². The van der Waals surface area contributed by atoms with Gasteiger partial charge in [0, 0.05) is 12.2 Å². The molecule has 0 atom stereocenters. The number of amides is 2. The van der Waals surface area contributed by atoms with Crippen molar-refractivity contribution in [2.45, 2.75) is 44.4 Å². The van der Waals surface area contributed by atoms with Gasteiger partial charge in [0.2, 0.25) is 0 Å². The van der Waals surface area contributed by atoms with Crippen molar-refractivity contribution in [2.75, 3.05) is 25.5 Å². The molecule has 164 valence electrons. The quantitative estimate of drug-likeness (QED) is 0.518. The third-order valence-corrected chi connectivity index (χ3v) is 5.62. The Hall–Kier alpha value is -2.72. The molecule has 0 unspecified atom stereocenters. The topological polar surface area (TPSA) is 122 Å². The van der Waals surface area contributed by atoms with Crippen LogP contribution >= 0.6 is 0 Å². The van der Waals surface area contributed by atoms with Gasteiger partial charge in [-0.3, -0.25) is 0 Å². The van der Waals surface area contributed by atoms with Gasteiger partial charge in [-0.2, -0.15) is 0 Å². The van der Waals surface area contributed by atoms with Crippen molar-refractivity contribution in [2.24, 2.45) is 0 Å². The normalized spacial score (nSPS) is 11.6. The van der Waals surface area contributed by atoms with Gasteiger partial charge in [-0.25, -0.2) is 27.9 Å². The maximum atomic E-state index is 12.5. The molecule has 0 spiro atoms. The third-order valence-electron chi connectivity index (χ3n) is 4.34. The van der Waals surface area contributed by atoms with E-state index < -0.39 is 16.1 Å². The monoisotopic (exact) mass is 435 g/mol. The number of carbonyl (C=O) groups is 1. The number of anilines is 1. The van der Waals surface area contributed by atoms with Gasteiger partial charge in [-0.1, -0.05) is 45.9 Å². The lowest BCUT2D eigenvalue weighted by Gasteiger charge is -2.20. The fourth-order valence-corrected chi connectivity index (χ4v) is 3.57. The largest absolute Gasteiger partial charge is 0.462 e. The van der Waals surface area contributed by atoms with E-state index in [-0.39, 0.29) is 22.7 Å². The minimum atomic E-state index is -4.14. The summed E-state index contributed by atoms with van der Waals surface area (Å²) in [5.41, 5.74) is 2.49. The molecule has 9 nitrogen and oxygen atoms in total. The average molecular weight is 436 g/mol. The summed E-state index contributed by atoms with van der Waals surface area (Å²) < 4.78 is 32.4. The zero-order chi connectivity index (χ0) is 22.3. The van der Waals surface area contributed by atoms with Crippen molar-refractivity contribution in [3.63, 3.8) is 0 Å². The second-order valence-corrected chi connectivity index (χ2v) is 9.02. The van der Waals surface area contributed by atoms with Crippen LogP contribution < -0.4 is 20.1 Å². The SMILES string of the molecule is CNCCOc1ncc(S(=O)(=O)NC(=O)Nc2c(C(C)C)cccc2C(C)C)cn1. The van der Waals surface area contributed by atoms with Crippen molar-refractivity contribution in [3.8, 4) is 6.01 Å². The van der Waals surface area contributed by atoms with E-state index in [2.05, 4.69) is 20.6 Å². The standard InChI is InChI=1S/C20H29N5O4S/c1-13(2)16-7-6-8-17(14(3)4)18(16)24-19(26)25-30(27,28)15-11-22-20(23-12-15)29-10-9-21-5/h6-8,11-14,21H,9-10H2,1-5H3,(H2,24,25,26). The van der Waals surface area contributed by atoms with Crippen molar-refractivity contribution in [3.05, 3.63) is 41.7 Å². The molecular weight excluding hydrogens is 406 g/mol. The molecule has 1 heterocycles. The molecular formula is C20H29N5O4S. The smallest absolute Gasteiger partial charge is 0.333 e. The summed E-state index contributed by atoms with van der Waals surface area (Å²) in [6.07, 6.45) is 2.19. The second kappa shape index (κ2) is 10.4. The molecule has 0 saturated heterocycles. The lowest BCUT2D eigenvalue weighted by Crippen LogP contribution is -2.35. The van der Waals surface area contributed by atoms with E-state index in [0.29, 0.717) is 18.8 Å². The Morgan fingerprint density at radius 2 is 1.63 bits per heavy atom. The van der Waals surface area contributed by atoms with Gasteiger partial charge < -0.3 is 15.4 Å². The molecule has 0 aliphatic carbocycles. The molecule has 3 N–H and O–H groups in total. The summed E-state index contributed by atoms with van der Waals surface area (Å²) >= 11 is 0. The molecule has 0 aliphatic rings. The molecule has 2 rings (SSSR count). The Labute approximate surface area is 177 Å². The predicted molar refractivity (Wildman–Crippen MR) is 115 cm³/mol. The number of rotatable bonds is 9. The van der Waals surface area contributed by atoms with Gasteiger partial charge in [0.25, 0.3) is 10.0 Å². The maximum absolute atomic E-state index is 12.5. The fourth-order valence-electron chi connectivity index (χ4n) is 2.78. The van der Waals surface area contributed by atoms with Crippen LogP contribution in [0.15, 0.2) is 35.5 Å². The van der Waals surface area contributed by atoms with Gasteiger partial charge in [0.05, 0.1) is 12.4 Å². The zero-order valence-corrected chi connectivity index (χ0v) is 18.7. The Kier molecular flexibility index (Phi) is 8.13. The summed E-state index contributed by atoms with van der Waals surface area (Å²) in [6, 6.07) is 4.98. The lowest BCUT2D eigenvalue weighted by molar-refractivity contribution is 0.256. The summed E-state index contributed by atoms with van der Waals surface area (Å²) in [7, 11) is -2.36. The summed E-state index contributed by atoms with van der Waals surface area (Å²) in [5, 5.41) is 5.62. The number of nitrogens with one attached hydrogen (secondary N) is 3. The molecule has 2 aromatic rings. The molecule has 0 radical (unpaired) electrons. The predicted octanol–water partition coefficient (Wildman–Crippen LogP) is 2.83. The Bertz CT molecular complexity index is 933. The summed E-state index contributed by atoms with van der Waals surface area (Å²) in [6.45, 7) is 8.99. The maximum Gasteiger partial charge on any atom is 0.333 e. The van der Waals surface area contributed by atoms with E-state index in [1.54, 1.807) is 7.05 Å². The number of hydrogen-bond acceptors (Lipinski definition) is 7. The zero-order valence-electron chi connectivity index (χ0n) is 17.9. The fraction of sp³-hybridized carbons (Fsp3) is 0.450. The van der Waals surface area contributed by atoms with Gasteiger partial charge in [-0.15, -0.1) is 0 Å². The van der Waals surface area contributed by atoms with E-state index in [1.165, 1.54) is 0 Å². The first-order valence-corrected chi connectivity index (χ1v) is 11.2. The first-order chi connectivity index (χ1) is 14.2. The van der Waals surface area contributed by atoms with Gasteiger partial charge in [0.15, 0.2) is 0 Å². The second-order valence-electron chi connectivity index (χ2n) is 7.33. The van der Waals surface area contributed by atoms with Crippen LogP contribution in [0.25, 0.3) is 0 Å². The minimum Gasteiger partial charge on any atom is -0.462 e. The van der Waals surface area contributed by atoms with E-state index >= 15 is 0 Å². The van der Waals surface area contributed by atoms with Gasteiger partial charge in [0.1, 0.15) is 11.5 Å². The molecule has 0 fully saturated rings. The van der Waals surface area contributed by atoms with Crippen LogP contribution in [0.1, 0.15) is 50.7 Å². The number of para-hydroxylation sites is 1. The number of carbonyl (C=O) groups excluding carboxylic acids is 1. The molecule has 30 heavy (non-hydrogen) atoms. The van der Waals surface area contributed by atoms with Crippen LogP contribution in [0.4, 0.5) is 10.5 Å². The summed E-state index contributed by atoms with van der Waals surface area (Å²) in [5.74, 6) is 0.305. The van der Waals surface area contributed by atoms with E-state index in [0.717, 1.165) is 23.5 Å². The highest BCUT2D eigenvalue weighted by Gasteiger charge is 2.21. The number of urea groups is 1. The highest BCUT2D eigenvalue weighted by atomic mass is 32.2. The van der Waals surface area contributed by atoms with Crippen LogP contribution in [-0.2, 0) is 10.0 Å². The summed E-state index contributed by atoms with van der Waals surface area (Å²) in [4.78, 5) is 20.0. The molecule has 0 aliphatic heterocycles. The Morgan fingerprint density at radius 1 is 1.07 bits per heavy atom. The van der Waals surface area contributed by atoms with E-state index in [1.807, 2.05) is 50.6 Å². The van der Waals surface area contributed by atoms with Crippen molar-refractivity contribution in [1.82, 2.24) is 20.0 Å². The van der Waals surface area contributed by atoms with E-state index in [4.69, 9.17) is 4.74 Å². The number of nitrogens with zero attached hydrogens (tertiary/aromatic N) is 2. The first kappa shape index (κ1) is 23.6.